The minimum absolute atomic E-state index is 0.176. The highest BCUT2D eigenvalue weighted by Gasteiger charge is 2.17. The second-order valence-corrected chi connectivity index (χ2v) is 6.33. The standard InChI is InChI=1S/C10H15BrFN3O2S/c1-15(6-2-5-13)18(16,17)14-8-3-4-9(11)10(12)7-8/h3-4,7,14H,2,5-6,13H2,1H3. The average molecular weight is 340 g/mol. The Kier molecular flexibility index (Phi) is 5.51. The number of benzene rings is 1. The van der Waals surface area contributed by atoms with Crippen LogP contribution in [0.3, 0.4) is 0 Å². The van der Waals surface area contributed by atoms with Crippen LogP contribution in [0.15, 0.2) is 22.7 Å². The Bertz CT molecular complexity index is 510. The molecule has 0 fully saturated rings. The summed E-state index contributed by atoms with van der Waals surface area (Å²) in [6, 6.07) is 4.02. The summed E-state index contributed by atoms with van der Waals surface area (Å²) in [6.45, 7) is 0.720. The van der Waals surface area contributed by atoms with Crippen LogP contribution in [0.25, 0.3) is 0 Å². The molecule has 0 aliphatic heterocycles. The zero-order valence-corrected chi connectivity index (χ0v) is 12.3. The third-order valence-corrected chi connectivity index (χ3v) is 4.39. The fourth-order valence-corrected chi connectivity index (χ4v) is 2.42. The molecule has 0 aromatic heterocycles. The summed E-state index contributed by atoms with van der Waals surface area (Å²) in [6.07, 6.45) is 0.562. The smallest absolute Gasteiger partial charge is 0.301 e. The molecule has 0 aliphatic rings. The Labute approximate surface area is 114 Å². The molecular weight excluding hydrogens is 325 g/mol. The zero-order chi connectivity index (χ0) is 13.8. The number of nitrogens with two attached hydrogens (primary N) is 1. The van der Waals surface area contributed by atoms with Crippen LogP contribution in [-0.4, -0.2) is 32.9 Å². The van der Waals surface area contributed by atoms with Gasteiger partial charge >= 0.3 is 10.2 Å². The van der Waals surface area contributed by atoms with E-state index in [-0.39, 0.29) is 10.2 Å². The van der Waals surface area contributed by atoms with Crippen molar-refractivity contribution in [2.75, 3.05) is 24.9 Å². The van der Waals surface area contributed by atoms with Crippen molar-refractivity contribution in [2.45, 2.75) is 6.42 Å². The van der Waals surface area contributed by atoms with E-state index >= 15 is 0 Å². The van der Waals surface area contributed by atoms with E-state index in [0.717, 1.165) is 10.4 Å². The second-order valence-electron chi connectivity index (χ2n) is 3.70. The normalized spacial score (nSPS) is 11.8. The Balaban J connectivity index is 2.78. The van der Waals surface area contributed by atoms with Crippen LogP contribution in [0.1, 0.15) is 6.42 Å². The summed E-state index contributed by atoms with van der Waals surface area (Å²) in [7, 11) is -2.23. The predicted octanol–water partition coefficient (Wildman–Crippen LogP) is 1.53. The van der Waals surface area contributed by atoms with Crippen molar-refractivity contribution in [3.8, 4) is 0 Å². The molecule has 102 valence electrons. The highest BCUT2D eigenvalue weighted by molar-refractivity contribution is 9.10. The first-order valence-electron chi connectivity index (χ1n) is 5.26. The Hall–Kier alpha value is -0.700. The van der Waals surface area contributed by atoms with E-state index in [1.165, 1.54) is 19.2 Å². The molecule has 18 heavy (non-hydrogen) atoms. The van der Waals surface area contributed by atoms with Gasteiger partial charge in [-0.3, -0.25) is 4.72 Å². The maximum Gasteiger partial charge on any atom is 0.301 e. The first kappa shape index (κ1) is 15.4. The highest BCUT2D eigenvalue weighted by Crippen LogP contribution is 2.20. The number of hydrogen-bond donors (Lipinski definition) is 2. The molecule has 0 atom stereocenters. The van der Waals surface area contributed by atoms with Crippen molar-refractivity contribution in [3.63, 3.8) is 0 Å². The van der Waals surface area contributed by atoms with Crippen LogP contribution >= 0.6 is 15.9 Å². The number of halogens is 2. The van der Waals surface area contributed by atoms with Crippen LogP contribution in [0.5, 0.6) is 0 Å². The van der Waals surface area contributed by atoms with E-state index in [0.29, 0.717) is 19.5 Å². The van der Waals surface area contributed by atoms with Gasteiger partial charge in [-0.25, -0.2) is 4.39 Å². The molecule has 0 spiro atoms. The molecule has 3 N–H and O–H groups in total. The third-order valence-electron chi connectivity index (χ3n) is 2.25. The molecule has 5 nitrogen and oxygen atoms in total. The van der Waals surface area contributed by atoms with Gasteiger partial charge < -0.3 is 5.73 Å². The largest absolute Gasteiger partial charge is 0.330 e. The van der Waals surface area contributed by atoms with Gasteiger partial charge in [-0.1, -0.05) is 0 Å². The molecule has 0 amide bonds. The van der Waals surface area contributed by atoms with Gasteiger partial charge in [0.05, 0.1) is 10.2 Å². The monoisotopic (exact) mass is 339 g/mol. The van der Waals surface area contributed by atoms with E-state index in [1.54, 1.807) is 0 Å². The average Bonchev–Trinajstić information content (AvgIpc) is 2.30. The first-order chi connectivity index (χ1) is 8.36. The fraction of sp³-hybridized carbons (Fsp3) is 0.400. The Morgan fingerprint density at radius 3 is 2.72 bits per heavy atom. The Morgan fingerprint density at radius 2 is 2.17 bits per heavy atom. The van der Waals surface area contributed by atoms with Gasteiger partial charge in [0.2, 0.25) is 0 Å². The van der Waals surface area contributed by atoms with Crippen LogP contribution in [0, 0.1) is 5.82 Å². The van der Waals surface area contributed by atoms with Gasteiger partial charge in [0, 0.05) is 13.6 Å². The lowest BCUT2D eigenvalue weighted by Gasteiger charge is -2.18. The van der Waals surface area contributed by atoms with E-state index < -0.39 is 16.0 Å². The van der Waals surface area contributed by atoms with E-state index in [1.807, 2.05) is 0 Å². The molecule has 0 saturated carbocycles. The van der Waals surface area contributed by atoms with Crippen molar-refractivity contribution in [2.24, 2.45) is 5.73 Å². The molecule has 8 heteroatoms. The van der Waals surface area contributed by atoms with Crippen molar-refractivity contribution in [1.29, 1.82) is 0 Å². The lowest BCUT2D eigenvalue weighted by atomic mass is 10.3. The van der Waals surface area contributed by atoms with Crippen molar-refractivity contribution < 1.29 is 12.8 Å². The summed E-state index contributed by atoms with van der Waals surface area (Å²) in [5.41, 5.74) is 5.49. The molecule has 1 rings (SSSR count). The second kappa shape index (κ2) is 6.46. The Morgan fingerprint density at radius 1 is 1.50 bits per heavy atom. The maximum absolute atomic E-state index is 13.2. The van der Waals surface area contributed by atoms with Gasteiger partial charge in [-0.05, 0) is 47.1 Å². The van der Waals surface area contributed by atoms with Gasteiger partial charge in [0.25, 0.3) is 0 Å². The summed E-state index contributed by atoms with van der Waals surface area (Å²) in [5.74, 6) is -0.528. The number of hydrogen-bond acceptors (Lipinski definition) is 3. The summed E-state index contributed by atoms with van der Waals surface area (Å²) in [4.78, 5) is 0. The minimum atomic E-state index is -3.67. The van der Waals surface area contributed by atoms with Gasteiger partial charge in [-0.2, -0.15) is 12.7 Å². The van der Waals surface area contributed by atoms with Crippen LogP contribution in [-0.2, 0) is 10.2 Å². The SMILES string of the molecule is CN(CCCN)S(=O)(=O)Nc1ccc(Br)c(F)c1. The van der Waals surface area contributed by atoms with Crippen molar-refractivity contribution >= 4 is 31.8 Å². The van der Waals surface area contributed by atoms with Crippen molar-refractivity contribution in [3.05, 3.63) is 28.5 Å². The molecule has 1 aromatic carbocycles. The number of rotatable bonds is 6. The van der Waals surface area contributed by atoms with E-state index in [4.69, 9.17) is 5.73 Å². The van der Waals surface area contributed by atoms with Crippen molar-refractivity contribution in [1.82, 2.24) is 4.31 Å². The third kappa shape index (κ3) is 4.20. The predicted molar refractivity (Wildman–Crippen MR) is 72.9 cm³/mol. The minimum Gasteiger partial charge on any atom is -0.330 e. The summed E-state index contributed by atoms with van der Waals surface area (Å²) in [5, 5.41) is 0. The first-order valence-corrected chi connectivity index (χ1v) is 7.49. The molecular formula is C10H15BrFN3O2S. The van der Waals surface area contributed by atoms with E-state index in [9.17, 15) is 12.8 Å². The van der Waals surface area contributed by atoms with Crippen LogP contribution in [0.4, 0.5) is 10.1 Å². The van der Waals surface area contributed by atoms with Crippen LogP contribution < -0.4 is 10.5 Å². The number of nitrogens with one attached hydrogen (secondary N) is 1. The van der Waals surface area contributed by atoms with Crippen LogP contribution in [0.2, 0.25) is 0 Å². The lowest BCUT2D eigenvalue weighted by molar-refractivity contribution is 0.468. The van der Waals surface area contributed by atoms with E-state index in [2.05, 4.69) is 20.7 Å². The molecule has 0 aliphatic carbocycles. The zero-order valence-electron chi connectivity index (χ0n) is 9.86. The summed E-state index contributed by atoms with van der Waals surface area (Å²) < 4.78 is 40.6. The lowest BCUT2D eigenvalue weighted by Crippen LogP contribution is -2.34. The molecule has 0 heterocycles. The fourth-order valence-electron chi connectivity index (χ4n) is 1.22. The number of nitrogens with zero attached hydrogens (tertiary/aromatic N) is 1. The quantitative estimate of drug-likeness (QED) is 0.825. The van der Waals surface area contributed by atoms with Gasteiger partial charge in [0.1, 0.15) is 5.82 Å². The van der Waals surface area contributed by atoms with Gasteiger partial charge in [0.15, 0.2) is 0 Å². The molecule has 1 aromatic rings. The van der Waals surface area contributed by atoms with Gasteiger partial charge in [-0.15, -0.1) is 0 Å². The topological polar surface area (TPSA) is 75.4 Å². The summed E-state index contributed by atoms with van der Waals surface area (Å²) >= 11 is 3.00. The highest BCUT2D eigenvalue weighted by atomic mass is 79.9. The molecule has 0 bridgehead atoms. The molecule has 0 radical (unpaired) electrons. The molecule has 0 saturated heterocycles. The number of anilines is 1. The molecule has 0 unspecified atom stereocenters. The maximum atomic E-state index is 13.2.